The maximum absolute atomic E-state index is 11.5. The molecule has 0 spiro atoms. The van der Waals surface area contributed by atoms with E-state index in [1.54, 1.807) is 24.3 Å². The molecule has 18 heavy (non-hydrogen) atoms. The minimum atomic E-state index is -0.562. The zero-order valence-electron chi connectivity index (χ0n) is 11.3. The predicted octanol–water partition coefficient (Wildman–Crippen LogP) is 2.57. The SMILES string of the molecule is C=C(N)/C=C\C=C/CC(=N)C(=O)OC(C)C(C)C. The molecule has 4 heteroatoms. The molecule has 0 aromatic rings. The number of hydrogen-bond acceptors (Lipinski definition) is 4. The van der Waals surface area contributed by atoms with E-state index in [0.717, 1.165) is 0 Å². The van der Waals surface area contributed by atoms with Crippen LogP contribution in [0.25, 0.3) is 0 Å². The van der Waals surface area contributed by atoms with Gasteiger partial charge in [0.15, 0.2) is 0 Å². The second kappa shape index (κ2) is 8.28. The molecule has 1 atom stereocenters. The molecule has 1 unspecified atom stereocenters. The van der Waals surface area contributed by atoms with Crippen molar-refractivity contribution in [3.8, 4) is 0 Å². The average Bonchev–Trinajstić information content (AvgIpc) is 2.27. The number of rotatable bonds is 7. The largest absolute Gasteiger partial charge is 0.458 e. The van der Waals surface area contributed by atoms with Gasteiger partial charge in [0.1, 0.15) is 11.8 Å². The molecule has 0 bridgehead atoms. The van der Waals surface area contributed by atoms with Crippen molar-refractivity contribution >= 4 is 11.7 Å². The second-order valence-corrected chi connectivity index (χ2v) is 4.40. The van der Waals surface area contributed by atoms with Crippen molar-refractivity contribution < 1.29 is 9.53 Å². The zero-order valence-corrected chi connectivity index (χ0v) is 11.3. The molecule has 0 aromatic heterocycles. The summed E-state index contributed by atoms with van der Waals surface area (Å²) in [5.41, 5.74) is 5.74. The van der Waals surface area contributed by atoms with Gasteiger partial charge in [-0.05, 0) is 18.9 Å². The zero-order chi connectivity index (χ0) is 14.1. The lowest BCUT2D eigenvalue weighted by atomic mass is 10.1. The van der Waals surface area contributed by atoms with Gasteiger partial charge in [-0.1, -0.05) is 38.7 Å². The van der Waals surface area contributed by atoms with Gasteiger partial charge < -0.3 is 10.5 Å². The highest BCUT2D eigenvalue weighted by atomic mass is 16.5. The van der Waals surface area contributed by atoms with Gasteiger partial charge in [-0.15, -0.1) is 0 Å². The molecule has 0 aliphatic carbocycles. The number of carbonyl (C=O) groups is 1. The number of hydrogen-bond donors (Lipinski definition) is 2. The molecule has 100 valence electrons. The summed E-state index contributed by atoms with van der Waals surface area (Å²) < 4.78 is 5.12. The number of nitrogens with one attached hydrogen (secondary N) is 1. The molecule has 0 aliphatic heterocycles. The Morgan fingerprint density at radius 1 is 1.39 bits per heavy atom. The molecule has 0 radical (unpaired) electrons. The lowest BCUT2D eigenvalue weighted by Gasteiger charge is -2.16. The molecule has 0 aromatic carbocycles. The molecule has 0 rings (SSSR count). The number of esters is 1. The van der Waals surface area contributed by atoms with Crippen LogP contribution in [0.5, 0.6) is 0 Å². The van der Waals surface area contributed by atoms with Crippen molar-refractivity contribution in [3.63, 3.8) is 0 Å². The highest BCUT2D eigenvalue weighted by molar-refractivity contribution is 6.35. The lowest BCUT2D eigenvalue weighted by Crippen LogP contribution is -2.25. The van der Waals surface area contributed by atoms with Crippen molar-refractivity contribution in [1.82, 2.24) is 0 Å². The van der Waals surface area contributed by atoms with E-state index >= 15 is 0 Å². The van der Waals surface area contributed by atoms with Crippen LogP contribution in [-0.2, 0) is 9.53 Å². The third kappa shape index (κ3) is 7.44. The summed E-state index contributed by atoms with van der Waals surface area (Å²) in [7, 11) is 0. The Balaban J connectivity index is 4.10. The molecule has 0 saturated carbocycles. The number of nitrogens with two attached hydrogens (primary N) is 1. The fourth-order valence-corrected chi connectivity index (χ4v) is 0.903. The van der Waals surface area contributed by atoms with Crippen LogP contribution in [0.1, 0.15) is 27.2 Å². The first kappa shape index (κ1) is 16.2. The van der Waals surface area contributed by atoms with Gasteiger partial charge in [0, 0.05) is 12.1 Å². The monoisotopic (exact) mass is 250 g/mol. The van der Waals surface area contributed by atoms with Crippen LogP contribution in [-0.4, -0.2) is 17.8 Å². The average molecular weight is 250 g/mol. The molecular weight excluding hydrogens is 228 g/mol. The minimum Gasteiger partial charge on any atom is -0.458 e. The van der Waals surface area contributed by atoms with E-state index in [1.807, 2.05) is 20.8 Å². The molecule has 0 fully saturated rings. The summed E-state index contributed by atoms with van der Waals surface area (Å²) in [5.74, 6) is -0.316. The highest BCUT2D eigenvalue weighted by Crippen LogP contribution is 2.06. The van der Waals surface area contributed by atoms with Gasteiger partial charge in [0.05, 0.1) is 0 Å². The normalized spacial score (nSPS) is 13.1. The van der Waals surface area contributed by atoms with Gasteiger partial charge in [-0.25, -0.2) is 4.79 Å². The Morgan fingerprint density at radius 3 is 2.50 bits per heavy atom. The second-order valence-electron chi connectivity index (χ2n) is 4.40. The van der Waals surface area contributed by atoms with Gasteiger partial charge in [-0.2, -0.15) is 0 Å². The summed E-state index contributed by atoms with van der Waals surface area (Å²) in [5, 5.41) is 7.56. The van der Waals surface area contributed by atoms with Gasteiger partial charge >= 0.3 is 5.97 Å². The molecular formula is C14H22N2O2. The summed E-state index contributed by atoms with van der Waals surface area (Å²) >= 11 is 0. The molecule has 0 saturated heterocycles. The summed E-state index contributed by atoms with van der Waals surface area (Å²) in [6.45, 7) is 9.26. The fraction of sp³-hybridized carbons (Fsp3) is 0.429. The quantitative estimate of drug-likeness (QED) is 0.414. The van der Waals surface area contributed by atoms with E-state index in [2.05, 4.69) is 6.58 Å². The Hall–Kier alpha value is -1.84. The number of ether oxygens (including phenoxy) is 1. The van der Waals surface area contributed by atoms with Gasteiger partial charge in [0.2, 0.25) is 0 Å². The van der Waals surface area contributed by atoms with E-state index in [0.29, 0.717) is 5.70 Å². The maximum atomic E-state index is 11.5. The smallest absolute Gasteiger partial charge is 0.352 e. The highest BCUT2D eigenvalue weighted by Gasteiger charge is 2.15. The molecule has 0 heterocycles. The molecule has 3 N–H and O–H groups in total. The van der Waals surface area contributed by atoms with Crippen LogP contribution in [0.15, 0.2) is 36.6 Å². The minimum absolute atomic E-state index is 0.0567. The van der Waals surface area contributed by atoms with Crippen LogP contribution in [0.3, 0.4) is 0 Å². The van der Waals surface area contributed by atoms with Gasteiger partial charge in [-0.3, -0.25) is 5.41 Å². The third-order valence-corrected chi connectivity index (χ3v) is 2.36. The summed E-state index contributed by atoms with van der Waals surface area (Å²) in [6.07, 6.45) is 6.82. The standard InChI is InChI=1S/C14H22N2O2/c1-10(2)12(4)18-14(17)13(16)9-7-5-6-8-11(3)15/h5-8,10,12,16H,3,9,15H2,1-2,4H3/b7-5-,8-6-,16-13?. The van der Waals surface area contributed by atoms with Crippen molar-refractivity contribution in [1.29, 1.82) is 5.41 Å². The van der Waals surface area contributed by atoms with Crippen LogP contribution in [0.2, 0.25) is 0 Å². The Bertz CT molecular complexity index is 368. The van der Waals surface area contributed by atoms with Crippen LogP contribution in [0, 0.1) is 11.3 Å². The predicted molar refractivity (Wildman–Crippen MR) is 74.3 cm³/mol. The van der Waals surface area contributed by atoms with Crippen LogP contribution < -0.4 is 5.73 Å². The third-order valence-electron chi connectivity index (χ3n) is 2.36. The van der Waals surface area contributed by atoms with Crippen LogP contribution >= 0.6 is 0 Å². The Kier molecular flexibility index (Phi) is 7.43. The van der Waals surface area contributed by atoms with E-state index in [4.69, 9.17) is 15.9 Å². The van der Waals surface area contributed by atoms with Crippen molar-refractivity contribution in [2.75, 3.05) is 0 Å². The fourth-order valence-electron chi connectivity index (χ4n) is 0.903. The number of allylic oxidation sites excluding steroid dienone is 4. The lowest BCUT2D eigenvalue weighted by molar-refractivity contribution is -0.141. The van der Waals surface area contributed by atoms with E-state index in [9.17, 15) is 4.79 Å². The first-order valence-corrected chi connectivity index (χ1v) is 5.90. The van der Waals surface area contributed by atoms with Crippen molar-refractivity contribution in [3.05, 3.63) is 36.6 Å². The van der Waals surface area contributed by atoms with E-state index < -0.39 is 5.97 Å². The van der Waals surface area contributed by atoms with E-state index in [-0.39, 0.29) is 24.2 Å². The first-order chi connectivity index (χ1) is 8.34. The van der Waals surface area contributed by atoms with Crippen molar-refractivity contribution in [2.45, 2.75) is 33.3 Å². The Labute approximate surface area is 109 Å². The molecule has 4 nitrogen and oxygen atoms in total. The summed E-state index contributed by atoms with van der Waals surface area (Å²) in [6, 6.07) is 0. The molecule has 0 aliphatic rings. The van der Waals surface area contributed by atoms with Gasteiger partial charge in [0.25, 0.3) is 0 Å². The van der Waals surface area contributed by atoms with E-state index in [1.165, 1.54) is 0 Å². The van der Waals surface area contributed by atoms with Crippen molar-refractivity contribution in [2.24, 2.45) is 11.7 Å². The summed E-state index contributed by atoms with van der Waals surface area (Å²) in [4.78, 5) is 11.5. The van der Waals surface area contributed by atoms with Crippen LogP contribution in [0.4, 0.5) is 0 Å². The Morgan fingerprint density at radius 2 is 2.00 bits per heavy atom. The maximum Gasteiger partial charge on any atom is 0.352 e. The topological polar surface area (TPSA) is 76.2 Å². The first-order valence-electron chi connectivity index (χ1n) is 5.90. The molecule has 0 amide bonds. The number of carbonyl (C=O) groups excluding carboxylic acids is 1.